The van der Waals surface area contributed by atoms with E-state index in [2.05, 4.69) is 75.4 Å². The smallest absolute Gasteiger partial charge is 0.192 e. The topological polar surface area (TPSA) is 55.8 Å². The van der Waals surface area contributed by atoms with E-state index < -0.39 is 28.7 Å². The maximum atomic E-state index is 13.7. The molecule has 2 unspecified atom stereocenters. The van der Waals surface area contributed by atoms with E-state index in [1.54, 1.807) is 0 Å². The Bertz CT molecular complexity index is 589. The molecule has 0 saturated carbocycles. The lowest BCUT2D eigenvalue weighted by molar-refractivity contribution is -0.135. The molecule has 0 saturated heterocycles. The predicted molar refractivity (Wildman–Crippen MR) is 152 cm³/mol. The van der Waals surface area contributed by atoms with E-state index in [-0.39, 0.29) is 34.9 Å². The standard InChI is InChI=1S/C28H60O4Si2/c1-15-20(6)27(32-34(17-3,18-4)19-5)23(9)26(30)22(8)25(29)21(7)24(16-2)31-33(13,14)28(10,11)12/h20-25,27,29H,15-19H2,1-14H3/t20-,21-,22?,23+,24-,25?,27-/m0/s1. The zero-order valence-corrected chi connectivity index (χ0v) is 27.2. The second kappa shape index (κ2) is 14.1. The Morgan fingerprint density at radius 2 is 1.29 bits per heavy atom. The van der Waals surface area contributed by atoms with Gasteiger partial charge in [-0.3, -0.25) is 4.79 Å². The number of rotatable bonds is 16. The molecule has 7 atom stereocenters. The van der Waals surface area contributed by atoms with Crippen molar-refractivity contribution >= 4 is 22.4 Å². The average Bonchev–Trinajstić information content (AvgIpc) is 2.80. The van der Waals surface area contributed by atoms with Crippen molar-refractivity contribution in [3.05, 3.63) is 0 Å². The Balaban J connectivity index is 5.72. The third-order valence-electron chi connectivity index (χ3n) is 9.21. The van der Waals surface area contributed by atoms with Crippen molar-refractivity contribution in [2.45, 2.75) is 151 Å². The van der Waals surface area contributed by atoms with Crippen molar-refractivity contribution in [2.75, 3.05) is 0 Å². The van der Waals surface area contributed by atoms with Gasteiger partial charge in [-0.1, -0.05) is 89.5 Å². The van der Waals surface area contributed by atoms with Crippen molar-refractivity contribution in [1.82, 2.24) is 0 Å². The Morgan fingerprint density at radius 1 is 0.824 bits per heavy atom. The summed E-state index contributed by atoms with van der Waals surface area (Å²) in [6, 6.07) is 3.23. The quantitative estimate of drug-likeness (QED) is 0.211. The van der Waals surface area contributed by atoms with Crippen molar-refractivity contribution in [2.24, 2.45) is 23.7 Å². The molecule has 34 heavy (non-hydrogen) atoms. The Morgan fingerprint density at radius 3 is 1.65 bits per heavy atom. The molecule has 0 rings (SSSR count). The number of carbonyl (C=O) groups excluding carboxylic acids is 1. The van der Waals surface area contributed by atoms with Gasteiger partial charge in [-0.2, -0.15) is 0 Å². The summed E-state index contributed by atoms with van der Waals surface area (Å²) >= 11 is 0. The number of carbonyl (C=O) groups is 1. The zero-order valence-electron chi connectivity index (χ0n) is 25.2. The molecule has 4 nitrogen and oxygen atoms in total. The van der Waals surface area contributed by atoms with Gasteiger partial charge in [0, 0.05) is 23.9 Å². The molecule has 0 heterocycles. The summed E-state index contributed by atoms with van der Waals surface area (Å²) < 4.78 is 13.6. The van der Waals surface area contributed by atoms with Crippen LogP contribution in [0, 0.1) is 23.7 Å². The SMILES string of the molecule is CC[C@H](O[Si](C)(C)C(C)(C)C)[C@H](C)C(O)C(C)C(=O)[C@@H](C)[C@@H](O[Si](CC)(CC)CC)[C@@H](C)CC. The first kappa shape index (κ1) is 34.0. The van der Waals surface area contributed by atoms with E-state index in [4.69, 9.17) is 8.85 Å². The van der Waals surface area contributed by atoms with Gasteiger partial charge in [-0.25, -0.2) is 0 Å². The third kappa shape index (κ3) is 8.53. The van der Waals surface area contributed by atoms with Crippen LogP contribution >= 0.6 is 0 Å². The number of hydrogen-bond acceptors (Lipinski definition) is 4. The highest BCUT2D eigenvalue weighted by atomic mass is 28.4. The highest BCUT2D eigenvalue weighted by Gasteiger charge is 2.43. The molecule has 0 fully saturated rings. The van der Waals surface area contributed by atoms with Crippen molar-refractivity contribution in [3.8, 4) is 0 Å². The Kier molecular flexibility index (Phi) is 14.1. The molecule has 0 aliphatic carbocycles. The molecule has 1 N–H and O–H groups in total. The zero-order chi connectivity index (χ0) is 27.1. The lowest BCUT2D eigenvalue weighted by Crippen LogP contribution is -2.50. The lowest BCUT2D eigenvalue weighted by atomic mass is 9.79. The Hall–Kier alpha value is -0.0162. The molecular weight excluding hydrogens is 456 g/mol. The molecule has 0 radical (unpaired) electrons. The highest BCUT2D eigenvalue weighted by Crippen LogP contribution is 2.39. The molecule has 0 aliphatic heterocycles. The molecule has 0 aromatic carbocycles. The van der Waals surface area contributed by atoms with Crippen LogP contribution in [-0.2, 0) is 13.6 Å². The second-order valence-corrected chi connectivity index (χ2v) is 21.8. The van der Waals surface area contributed by atoms with Gasteiger partial charge in [-0.15, -0.1) is 0 Å². The number of Topliss-reactive ketones (excluding diaryl/α,β-unsaturated/α-hetero) is 1. The predicted octanol–water partition coefficient (Wildman–Crippen LogP) is 8.06. The van der Waals surface area contributed by atoms with E-state index in [0.29, 0.717) is 5.92 Å². The van der Waals surface area contributed by atoms with Gasteiger partial charge in [-0.05, 0) is 48.6 Å². The van der Waals surface area contributed by atoms with E-state index >= 15 is 0 Å². The molecule has 0 aromatic rings. The number of aliphatic hydroxyl groups is 1. The first-order valence-corrected chi connectivity index (χ1v) is 19.5. The molecular formula is C28H60O4Si2. The number of hydrogen-bond donors (Lipinski definition) is 1. The molecule has 0 amide bonds. The van der Waals surface area contributed by atoms with Crippen LogP contribution in [0.3, 0.4) is 0 Å². The lowest BCUT2D eigenvalue weighted by Gasteiger charge is -2.42. The maximum Gasteiger partial charge on any atom is 0.192 e. The number of ketones is 1. The van der Waals surface area contributed by atoms with E-state index in [0.717, 1.165) is 31.0 Å². The summed E-state index contributed by atoms with van der Waals surface area (Å²) in [5.41, 5.74) is 0. The summed E-state index contributed by atoms with van der Waals surface area (Å²) in [5.74, 6) is -0.355. The van der Waals surface area contributed by atoms with Crippen LogP contribution in [0.25, 0.3) is 0 Å². The summed E-state index contributed by atoms with van der Waals surface area (Å²) in [4.78, 5) is 13.7. The van der Waals surface area contributed by atoms with Gasteiger partial charge in [0.25, 0.3) is 0 Å². The molecule has 0 spiro atoms. The average molecular weight is 517 g/mol. The highest BCUT2D eigenvalue weighted by molar-refractivity contribution is 6.74. The monoisotopic (exact) mass is 516 g/mol. The molecule has 0 bridgehead atoms. The van der Waals surface area contributed by atoms with Gasteiger partial charge in [0.05, 0.1) is 12.2 Å². The largest absolute Gasteiger partial charge is 0.414 e. The second-order valence-electron chi connectivity index (χ2n) is 12.4. The van der Waals surface area contributed by atoms with Gasteiger partial charge < -0.3 is 14.0 Å². The third-order valence-corrected chi connectivity index (χ3v) is 18.3. The molecule has 0 aliphatic rings. The fourth-order valence-corrected chi connectivity index (χ4v) is 9.28. The molecule has 204 valence electrons. The van der Waals surface area contributed by atoms with Crippen LogP contribution in [0.4, 0.5) is 0 Å². The minimum absolute atomic E-state index is 0.0524. The minimum Gasteiger partial charge on any atom is -0.414 e. The maximum absolute atomic E-state index is 13.7. The first-order chi connectivity index (χ1) is 15.5. The van der Waals surface area contributed by atoms with Crippen LogP contribution < -0.4 is 0 Å². The van der Waals surface area contributed by atoms with Gasteiger partial charge >= 0.3 is 0 Å². The fraction of sp³-hybridized carbons (Fsp3) is 0.964. The molecule has 0 aromatic heterocycles. The summed E-state index contributed by atoms with van der Waals surface area (Å²) in [7, 11) is -3.82. The number of aliphatic hydroxyl groups excluding tert-OH is 1. The minimum atomic E-state index is -1.97. The van der Waals surface area contributed by atoms with E-state index in [9.17, 15) is 9.90 Å². The van der Waals surface area contributed by atoms with Crippen LogP contribution in [-0.4, -0.2) is 45.8 Å². The van der Waals surface area contributed by atoms with E-state index in [1.165, 1.54) is 0 Å². The van der Waals surface area contributed by atoms with Crippen molar-refractivity contribution < 1.29 is 18.8 Å². The van der Waals surface area contributed by atoms with Crippen LogP contribution in [0.15, 0.2) is 0 Å². The first-order valence-electron chi connectivity index (χ1n) is 14.1. The van der Waals surface area contributed by atoms with Crippen LogP contribution in [0.1, 0.15) is 95.9 Å². The van der Waals surface area contributed by atoms with Crippen LogP contribution in [0.5, 0.6) is 0 Å². The van der Waals surface area contributed by atoms with Crippen molar-refractivity contribution in [1.29, 1.82) is 0 Å². The van der Waals surface area contributed by atoms with Crippen molar-refractivity contribution in [3.63, 3.8) is 0 Å². The summed E-state index contributed by atoms with van der Waals surface area (Å²) in [5, 5.41) is 11.4. The normalized spacial score (nSPS) is 19.7. The summed E-state index contributed by atoms with van der Waals surface area (Å²) in [6.07, 6.45) is 0.947. The van der Waals surface area contributed by atoms with Gasteiger partial charge in [0.2, 0.25) is 0 Å². The summed E-state index contributed by atoms with van der Waals surface area (Å²) in [6.45, 7) is 30.4. The van der Waals surface area contributed by atoms with Gasteiger partial charge in [0.1, 0.15) is 5.78 Å². The van der Waals surface area contributed by atoms with Crippen LogP contribution in [0.2, 0.25) is 36.3 Å². The Labute approximate surface area is 215 Å². The molecule has 6 heteroatoms. The van der Waals surface area contributed by atoms with E-state index in [1.807, 2.05) is 20.8 Å². The van der Waals surface area contributed by atoms with Gasteiger partial charge in [0.15, 0.2) is 16.6 Å². The fourth-order valence-electron chi connectivity index (χ4n) is 4.77.